The van der Waals surface area contributed by atoms with Crippen molar-refractivity contribution in [1.82, 2.24) is 5.32 Å². The lowest BCUT2D eigenvalue weighted by molar-refractivity contribution is 0.0600. The molecule has 2 aromatic rings. The second-order valence-corrected chi connectivity index (χ2v) is 5.78. The summed E-state index contributed by atoms with van der Waals surface area (Å²) in [5.41, 5.74) is 1.38. The number of thioether (sulfide) groups is 1. The van der Waals surface area contributed by atoms with Crippen LogP contribution in [-0.2, 0) is 11.3 Å². The third-order valence-corrected chi connectivity index (χ3v) is 3.96. The molecule has 0 unspecified atom stereocenters. The number of rotatable bonds is 6. The first kappa shape index (κ1) is 17.9. The summed E-state index contributed by atoms with van der Waals surface area (Å²) in [6.07, 6.45) is 0. The van der Waals surface area contributed by atoms with E-state index in [1.807, 2.05) is 0 Å². The first-order valence-electron chi connectivity index (χ1n) is 7.00. The number of amides is 1. The fourth-order valence-electron chi connectivity index (χ4n) is 2.01. The smallest absolute Gasteiger partial charge is 0.337 e. The Morgan fingerprint density at radius 2 is 1.79 bits per heavy atom. The van der Waals surface area contributed by atoms with Gasteiger partial charge in [0.05, 0.1) is 18.2 Å². The van der Waals surface area contributed by atoms with E-state index in [0.29, 0.717) is 17.3 Å². The van der Waals surface area contributed by atoms with Crippen molar-refractivity contribution < 1.29 is 23.1 Å². The lowest BCUT2D eigenvalue weighted by Gasteiger charge is -2.10. The molecular formula is C17H15F2NO3S. The van der Waals surface area contributed by atoms with Crippen LogP contribution in [0.15, 0.2) is 53.4 Å². The van der Waals surface area contributed by atoms with E-state index >= 15 is 0 Å². The molecule has 0 bridgehead atoms. The molecule has 2 aromatic carbocycles. The highest BCUT2D eigenvalue weighted by Crippen LogP contribution is 2.28. The molecule has 0 radical (unpaired) electrons. The van der Waals surface area contributed by atoms with Gasteiger partial charge in [-0.1, -0.05) is 36.0 Å². The van der Waals surface area contributed by atoms with Gasteiger partial charge in [-0.05, 0) is 29.8 Å². The average molecular weight is 351 g/mol. The number of carbonyl (C=O) groups is 2. The molecule has 0 spiro atoms. The third-order valence-electron chi connectivity index (χ3n) is 3.18. The number of methoxy groups -OCH3 is 1. The minimum Gasteiger partial charge on any atom is -0.465 e. The monoisotopic (exact) mass is 351 g/mol. The number of ether oxygens (including phenoxy) is 1. The number of halogens is 2. The standard InChI is InChI=1S/C17H15F2NO3S/c1-23-16(22)12-8-6-11(7-9-12)10-20-15(21)13-4-2-3-5-14(13)24-17(18)19/h2-9,17H,10H2,1H3,(H,20,21). The zero-order valence-corrected chi connectivity index (χ0v) is 13.6. The largest absolute Gasteiger partial charge is 0.465 e. The maximum absolute atomic E-state index is 12.5. The number of alkyl halides is 2. The SMILES string of the molecule is COC(=O)c1ccc(CNC(=O)c2ccccc2SC(F)F)cc1. The van der Waals surface area contributed by atoms with Crippen molar-refractivity contribution in [3.8, 4) is 0 Å². The van der Waals surface area contributed by atoms with Gasteiger partial charge in [0, 0.05) is 11.4 Å². The quantitative estimate of drug-likeness (QED) is 0.637. The van der Waals surface area contributed by atoms with Gasteiger partial charge in [-0.3, -0.25) is 4.79 Å². The van der Waals surface area contributed by atoms with Crippen molar-refractivity contribution in [2.45, 2.75) is 17.2 Å². The van der Waals surface area contributed by atoms with Gasteiger partial charge < -0.3 is 10.1 Å². The van der Waals surface area contributed by atoms with Gasteiger partial charge in [-0.2, -0.15) is 8.78 Å². The molecule has 0 aliphatic rings. The molecule has 4 nitrogen and oxygen atoms in total. The Labute approximate surface area is 142 Å². The average Bonchev–Trinajstić information content (AvgIpc) is 2.59. The summed E-state index contributed by atoms with van der Waals surface area (Å²) in [5, 5.41) is 2.68. The number of nitrogens with one attached hydrogen (secondary N) is 1. The van der Waals surface area contributed by atoms with E-state index in [9.17, 15) is 18.4 Å². The molecule has 0 saturated carbocycles. The molecule has 0 atom stereocenters. The fourth-order valence-corrected chi connectivity index (χ4v) is 2.64. The predicted molar refractivity (Wildman–Crippen MR) is 87.3 cm³/mol. The number of carbonyl (C=O) groups excluding carboxylic acids is 2. The Morgan fingerprint density at radius 3 is 2.42 bits per heavy atom. The highest BCUT2D eigenvalue weighted by molar-refractivity contribution is 7.99. The Balaban J connectivity index is 2.02. The van der Waals surface area contributed by atoms with Crippen molar-refractivity contribution in [3.63, 3.8) is 0 Å². The lowest BCUT2D eigenvalue weighted by Crippen LogP contribution is -2.23. The molecule has 7 heteroatoms. The number of hydrogen-bond donors (Lipinski definition) is 1. The second kappa shape index (κ2) is 8.44. The zero-order valence-electron chi connectivity index (χ0n) is 12.8. The molecule has 1 amide bonds. The highest BCUT2D eigenvalue weighted by atomic mass is 32.2. The van der Waals surface area contributed by atoms with Crippen LogP contribution >= 0.6 is 11.8 Å². The van der Waals surface area contributed by atoms with E-state index in [4.69, 9.17) is 0 Å². The fraction of sp³-hybridized carbons (Fsp3) is 0.176. The van der Waals surface area contributed by atoms with Crippen molar-refractivity contribution in [1.29, 1.82) is 0 Å². The van der Waals surface area contributed by atoms with Crippen LogP contribution in [0, 0.1) is 0 Å². The van der Waals surface area contributed by atoms with Crippen LogP contribution in [0.3, 0.4) is 0 Å². The van der Waals surface area contributed by atoms with Crippen LogP contribution in [0.2, 0.25) is 0 Å². The van der Waals surface area contributed by atoms with Gasteiger partial charge in [-0.15, -0.1) is 0 Å². The van der Waals surface area contributed by atoms with Crippen LogP contribution in [0.1, 0.15) is 26.3 Å². The van der Waals surface area contributed by atoms with Crippen LogP contribution in [0.25, 0.3) is 0 Å². The Hall–Kier alpha value is -2.41. The Morgan fingerprint density at radius 1 is 1.12 bits per heavy atom. The second-order valence-electron chi connectivity index (χ2n) is 4.75. The molecule has 24 heavy (non-hydrogen) atoms. The Bertz CT molecular complexity index is 720. The normalized spacial score (nSPS) is 10.5. The molecule has 0 saturated heterocycles. The van der Waals surface area contributed by atoms with Crippen molar-refractivity contribution in [2.75, 3.05) is 7.11 Å². The number of benzene rings is 2. The summed E-state index contributed by atoms with van der Waals surface area (Å²) >= 11 is 0.337. The van der Waals surface area contributed by atoms with Crippen LogP contribution in [-0.4, -0.2) is 24.7 Å². The predicted octanol–water partition coefficient (Wildman–Crippen LogP) is 3.72. The van der Waals surface area contributed by atoms with E-state index in [-0.39, 0.29) is 17.0 Å². The Kier molecular flexibility index (Phi) is 6.31. The molecule has 0 aromatic heterocycles. The van der Waals surface area contributed by atoms with Crippen LogP contribution in [0.4, 0.5) is 8.78 Å². The van der Waals surface area contributed by atoms with Gasteiger partial charge in [0.25, 0.3) is 11.7 Å². The van der Waals surface area contributed by atoms with E-state index < -0.39 is 17.6 Å². The van der Waals surface area contributed by atoms with Crippen molar-refractivity contribution in [2.24, 2.45) is 0 Å². The van der Waals surface area contributed by atoms with Gasteiger partial charge in [0.15, 0.2) is 0 Å². The first-order valence-corrected chi connectivity index (χ1v) is 7.88. The van der Waals surface area contributed by atoms with E-state index in [1.54, 1.807) is 36.4 Å². The number of hydrogen-bond acceptors (Lipinski definition) is 4. The van der Waals surface area contributed by atoms with Crippen LogP contribution < -0.4 is 5.32 Å². The summed E-state index contributed by atoms with van der Waals surface area (Å²) < 4.78 is 29.7. The first-order chi connectivity index (χ1) is 11.5. The van der Waals surface area contributed by atoms with Gasteiger partial charge >= 0.3 is 5.97 Å². The highest BCUT2D eigenvalue weighted by Gasteiger charge is 2.15. The van der Waals surface area contributed by atoms with Crippen LogP contribution in [0.5, 0.6) is 0 Å². The molecule has 0 aliphatic carbocycles. The molecule has 0 heterocycles. The lowest BCUT2D eigenvalue weighted by atomic mass is 10.1. The van der Waals surface area contributed by atoms with Gasteiger partial charge in [0.2, 0.25) is 0 Å². The molecular weight excluding hydrogens is 336 g/mol. The van der Waals surface area contributed by atoms with E-state index in [2.05, 4.69) is 10.1 Å². The molecule has 0 aliphatic heterocycles. The number of esters is 1. The topological polar surface area (TPSA) is 55.4 Å². The minimum absolute atomic E-state index is 0.203. The van der Waals surface area contributed by atoms with Crippen molar-refractivity contribution >= 4 is 23.6 Å². The third kappa shape index (κ3) is 4.79. The zero-order chi connectivity index (χ0) is 17.5. The van der Waals surface area contributed by atoms with Crippen molar-refractivity contribution in [3.05, 3.63) is 65.2 Å². The maximum atomic E-state index is 12.5. The van der Waals surface area contributed by atoms with E-state index in [0.717, 1.165) is 5.56 Å². The molecule has 2 rings (SSSR count). The van der Waals surface area contributed by atoms with E-state index in [1.165, 1.54) is 19.2 Å². The van der Waals surface area contributed by atoms with Gasteiger partial charge in [0.1, 0.15) is 0 Å². The summed E-state index contributed by atoms with van der Waals surface area (Å²) in [5.74, 6) is -3.47. The maximum Gasteiger partial charge on any atom is 0.337 e. The molecule has 126 valence electrons. The summed E-state index contributed by atoms with van der Waals surface area (Å²) in [4.78, 5) is 23.8. The summed E-state index contributed by atoms with van der Waals surface area (Å²) in [7, 11) is 1.30. The summed E-state index contributed by atoms with van der Waals surface area (Å²) in [6.45, 7) is 0.216. The summed E-state index contributed by atoms with van der Waals surface area (Å²) in [6, 6.07) is 12.8. The molecule has 1 N–H and O–H groups in total. The molecule has 0 fully saturated rings. The van der Waals surface area contributed by atoms with Gasteiger partial charge in [-0.25, -0.2) is 4.79 Å². The minimum atomic E-state index is -2.59.